The molecule has 0 aliphatic heterocycles. The molecule has 3 heteroatoms. The molecule has 0 spiro atoms. The Kier molecular flexibility index (Phi) is 3.89. The predicted octanol–water partition coefficient (Wildman–Crippen LogP) is -0.0363. The molecule has 0 heterocycles. The molecule has 0 bridgehead atoms. The van der Waals surface area contributed by atoms with E-state index in [0.29, 0.717) is 0 Å². The summed E-state index contributed by atoms with van der Waals surface area (Å²) in [6, 6.07) is 0. The van der Waals surface area contributed by atoms with Gasteiger partial charge in [-0.2, -0.15) is 0 Å². The van der Waals surface area contributed by atoms with Crippen LogP contribution in [0.2, 0.25) is 0 Å². The quantitative estimate of drug-likeness (QED) is 0.506. The van der Waals surface area contributed by atoms with Crippen LogP contribution in [0.25, 0.3) is 0 Å². The number of nitrogens with two attached hydrogens (primary N) is 1. The van der Waals surface area contributed by atoms with Crippen LogP contribution < -0.4 is 5.73 Å². The fourth-order valence-electron chi connectivity index (χ4n) is 0.825. The highest BCUT2D eigenvalue weighted by Gasteiger charge is 2.34. The summed E-state index contributed by atoms with van der Waals surface area (Å²) in [5.74, 6) is 0. The Labute approximate surface area is 72.5 Å². The molecule has 0 aromatic rings. The van der Waals surface area contributed by atoms with Crippen molar-refractivity contribution >= 4 is 0 Å². The summed E-state index contributed by atoms with van der Waals surface area (Å²) in [6.45, 7) is 10.2. The lowest BCUT2D eigenvalue weighted by atomic mass is 9.87. The van der Waals surface area contributed by atoms with Gasteiger partial charge in [-0.15, -0.1) is 19.7 Å². The maximum absolute atomic E-state index is 9.36. The van der Waals surface area contributed by atoms with Gasteiger partial charge in [0.2, 0.25) is 0 Å². The Morgan fingerprint density at radius 2 is 1.42 bits per heavy atom. The largest absolute Gasteiger partial charge is 0.387 e. The third-order valence-corrected chi connectivity index (χ3v) is 1.82. The van der Waals surface area contributed by atoms with Crippen molar-refractivity contribution in [2.75, 3.05) is 0 Å². The summed E-state index contributed by atoms with van der Waals surface area (Å²) in [4.78, 5) is 0. The smallest absolute Gasteiger partial charge is 0.0962 e. The third-order valence-electron chi connectivity index (χ3n) is 1.82. The van der Waals surface area contributed by atoms with Crippen LogP contribution in [0, 0.1) is 0 Å². The standard InChI is InChI=1S/C9H15NO2/c1-4-7(11)9(10,6-3)8(12)5-2/h4-8,11-12H,1-3,10H2. The molecule has 2 atom stereocenters. The Bertz CT molecular complexity index is 175. The highest BCUT2D eigenvalue weighted by molar-refractivity contribution is 5.18. The molecule has 0 saturated heterocycles. The maximum Gasteiger partial charge on any atom is 0.0962 e. The van der Waals surface area contributed by atoms with Crippen LogP contribution in [0.4, 0.5) is 0 Å². The molecule has 2 unspecified atom stereocenters. The zero-order chi connectivity index (χ0) is 9.78. The average Bonchev–Trinajstić information content (AvgIpc) is 2.13. The molecule has 12 heavy (non-hydrogen) atoms. The van der Waals surface area contributed by atoms with Gasteiger partial charge in [0.05, 0.1) is 17.7 Å². The number of rotatable bonds is 5. The van der Waals surface area contributed by atoms with Gasteiger partial charge in [0.15, 0.2) is 0 Å². The zero-order valence-electron chi connectivity index (χ0n) is 6.98. The van der Waals surface area contributed by atoms with Crippen molar-refractivity contribution in [3.63, 3.8) is 0 Å². The molecule has 4 N–H and O–H groups in total. The minimum Gasteiger partial charge on any atom is -0.387 e. The number of hydrogen-bond donors (Lipinski definition) is 3. The third kappa shape index (κ3) is 1.82. The highest BCUT2D eigenvalue weighted by Crippen LogP contribution is 2.15. The topological polar surface area (TPSA) is 66.5 Å². The van der Waals surface area contributed by atoms with Crippen LogP contribution >= 0.6 is 0 Å². The van der Waals surface area contributed by atoms with Crippen LogP contribution in [-0.2, 0) is 0 Å². The zero-order valence-corrected chi connectivity index (χ0v) is 6.98. The first-order chi connectivity index (χ1) is 5.52. The van der Waals surface area contributed by atoms with E-state index in [1.54, 1.807) is 0 Å². The lowest BCUT2D eigenvalue weighted by molar-refractivity contribution is 0.0653. The van der Waals surface area contributed by atoms with E-state index in [1.165, 1.54) is 18.2 Å². The minimum absolute atomic E-state index is 1.04. The van der Waals surface area contributed by atoms with Gasteiger partial charge < -0.3 is 15.9 Å². The van der Waals surface area contributed by atoms with Gasteiger partial charge in [0.25, 0.3) is 0 Å². The highest BCUT2D eigenvalue weighted by atomic mass is 16.3. The summed E-state index contributed by atoms with van der Waals surface area (Å²) in [6.07, 6.45) is 1.69. The van der Waals surface area contributed by atoms with Crippen LogP contribution in [0.5, 0.6) is 0 Å². The Morgan fingerprint density at radius 1 is 1.08 bits per heavy atom. The summed E-state index contributed by atoms with van der Waals surface area (Å²) in [7, 11) is 0. The fraction of sp³-hybridized carbons (Fsp3) is 0.333. The molecule has 0 aromatic carbocycles. The lowest BCUT2D eigenvalue weighted by Gasteiger charge is -2.32. The second-order valence-electron chi connectivity index (χ2n) is 2.57. The van der Waals surface area contributed by atoms with E-state index in [-0.39, 0.29) is 0 Å². The number of aliphatic hydroxyl groups excluding tert-OH is 2. The molecule has 0 aliphatic carbocycles. The van der Waals surface area contributed by atoms with Gasteiger partial charge in [-0.25, -0.2) is 0 Å². The van der Waals surface area contributed by atoms with Crippen LogP contribution in [0.1, 0.15) is 0 Å². The molecule has 0 fully saturated rings. The molecule has 0 saturated carbocycles. The van der Waals surface area contributed by atoms with E-state index >= 15 is 0 Å². The minimum atomic E-state index is -1.30. The predicted molar refractivity (Wildman–Crippen MR) is 49.5 cm³/mol. The monoisotopic (exact) mass is 169 g/mol. The Morgan fingerprint density at radius 3 is 1.58 bits per heavy atom. The molecule has 68 valence electrons. The number of hydrogen-bond acceptors (Lipinski definition) is 3. The van der Waals surface area contributed by atoms with Gasteiger partial charge >= 0.3 is 0 Å². The van der Waals surface area contributed by atoms with Crippen molar-refractivity contribution in [1.82, 2.24) is 0 Å². The molecule has 0 aliphatic rings. The van der Waals surface area contributed by atoms with Crippen molar-refractivity contribution in [3.8, 4) is 0 Å². The maximum atomic E-state index is 9.36. The van der Waals surface area contributed by atoms with Crippen molar-refractivity contribution in [2.45, 2.75) is 17.7 Å². The fourth-order valence-corrected chi connectivity index (χ4v) is 0.825. The van der Waals surface area contributed by atoms with Gasteiger partial charge in [0, 0.05) is 0 Å². The van der Waals surface area contributed by atoms with Gasteiger partial charge in [-0.05, 0) is 0 Å². The summed E-state index contributed by atoms with van der Waals surface area (Å²) in [5.41, 5.74) is 4.34. The second kappa shape index (κ2) is 4.21. The van der Waals surface area contributed by atoms with E-state index in [2.05, 4.69) is 19.7 Å². The first kappa shape index (κ1) is 11.1. The molecule has 0 aromatic heterocycles. The van der Waals surface area contributed by atoms with Crippen LogP contribution in [0.15, 0.2) is 38.0 Å². The average molecular weight is 169 g/mol. The van der Waals surface area contributed by atoms with E-state index in [9.17, 15) is 10.2 Å². The molecule has 0 amide bonds. The molecular formula is C9H15NO2. The molecule has 3 nitrogen and oxygen atoms in total. The van der Waals surface area contributed by atoms with Crippen molar-refractivity contribution in [1.29, 1.82) is 0 Å². The van der Waals surface area contributed by atoms with E-state index < -0.39 is 17.7 Å². The van der Waals surface area contributed by atoms with Gasteiger partial charge in [0.1, 0.15) is 0 Å². The normalized spacial score (nSPS) is 20.2. The second-order valence-corrected chi connectivity index (χ2v) is 2.57. The van der Waals surface area contributed by atoms with E-state index in [4.69, 9.17) is 5.73 Å². The first-order valence-corrected chi connectivity index (χ1v) is 3.56. The first-order valence-electron chi connectivity index (χ1n) is 3.56. The Hall–Kier alpha value is -0.900. The van der Waals surface area contributed by atoms with Crippen molar-refractivity contribution in [2.24, 2.45) is 5.73 Å². The molecule has 0 rings (SSSR count). The summed E-state index contributed by atoms with van der Waals surface area (Å²) in [5, 5.41) is 18.7. The van der Waals surface area contributed by atoms with Crippen molar-refractivity contribution < 1.29 is 10.2 Å². The number of aliphatic hydroxyl groups is 2. The van der Waals surface area contributed by atoms with Crippen molar-refractivity contribution in [3.05, 3.63) is 38.0 Å². The van der Waals surface area contributed by atoms with Crippen LogP contribution in [-0.4, -0.2) is 28.0 Å². The summed E-state index contributed by atoms with van der Waals surface area (Å²) < 4.78 is 0. The lowest BCUT2D eigenvalue weighted by Crippen LogP contribution is -2.56. The molecular weight excluding hydrogens is 154 g/mol. The summed E-state index contributed by atoms with van der Waals surface area (Å²) >= 11 is 0. The molecule has 0 radical (unpaired) electrons. The van der Waals surface area contributed by atoms with Gasteiger partial charge in [-0.1, -0.05) is 18.2 Å². The van der Waals surface area contributed by atoms with Crippen LogP contribution in [0.3, 0.4) is 0 Å². The van der Waals surface area contributed by atoms with Gasteiger partial charge in [-0.3, -0.25) is 0 Å². The van der Waals surface area contributed by atoms with E-state index in [1.807, 2.05) is 0 Å². The SMILES string of the molecule is C=CC(O)C(N)(C=C)C(O)C=C. The van der Waals surface area contributed by atoms with E-state index in [0.717, 1.165) is 0 Å². The Balaban J connectivity index is 4.76.